The van der Waals surface area contributed by atoms with Crippen LogP contribution in [0.25, 0.3) is 0 Å². The van der Waals surface area contributed by atoms with Crippen LogP contribution in [0.3, 0.4) is 0 Å². The van der Waals surface area contributed by atoms with E-state index >= 15 is 0 Å². The SMILES string of the molecule is CCC(N)(N)C(CC)(CC)CN. The third kappa shape index (κ3) is 1.79. The second kappa shape index (κ2) is 4.21. The van der Waals surface area contributed by atoms with Gasteiger partial charge in [-0.3, -0.25) is 0 Å². The van der Waals surface area contributed by atoms with Gasteiger partial charge >= 0.3 is 0 Å². The first-order valence-corrected chi connectivity index (χ1v) is 4.77. The standard InChI is InChI=1S/C9H23N3/c1-4-8(5-2,7-10)9(11,12)6-3/h4-7,10-12H2,1-3H3. The first-order valence-electron chi connectivity index (χ1n) is 4.77. The molecule has 12 heavy (non-hydrogen) atoms. The van der Waals surface area contributed by atoms with Gasteiger partial charge in [0, 0.05) is 12.0 Å². The van der Waals surface area contributed by atoms with Crippen molar-refractivity contribution in [3.63, 3.8) is 0 Å². The minimum Gasteiger partial charge on any atom is -0.330 e. The predicted octanol–water partition coefficient (Wildman–Crippen LogP) is 0.775. The zero-order valence-electron chi connectivity index (χ0n) is 8.56. The van der Waals surface area contributed by atoms with Crippen molar-refractivity contribution < 1.29 is 0 Å². The van der Waals surface area contributed by atoms with E-state index in [-0.39, 0.29) is 5.41 Å². The Bertz CT molecular complexity index is 119. The minimum atomic E-state index is -0.620. The van der Waals surface area contributed by atoms with Crippen molar-refractivity contribution in [1.29, 1.82) is 0 Å². The van der Waals surface area contributed by atoms with Crippen LogP contribution >= 0.6 is 0 Å². The third-order valence-corrected chi connectivity index (χ3v) is 3.32. The molecule has 0 radical (unpaired) electrons. The predicted molar refractivity (Wildman–Crippen MR) is 53.5 cm³/mol. The first kappa shape index (κ1) is 11.9. The van der Waals surface area contributed by atoms with Crippen LogP contribution < -0.4 is 17.2 Å². The molecule has 0 fully saturated rings. The second-order valence-corrected chi connectivity index (χ2v) is 3.59. The largest absolute Gasteiger partial charge is 0.330 e. The molecule has 6 N–H and O–H groups in total. The van der Waals surface area contributed by atoms with Gasteiger partial charge in [-0.05, 0) is 19.3 Å². The van der Waals surface area contributed by atoms with Gasteiger partial charge in [-0.15, -0.1) is 0 Å². The molecule has 0 atom stereocenters. The molecule has 0 bridgehead atoms. The molecule has 0 saturated heterocycles. The highest BCUT2D eigenvalue weighted by atomic mass is 15.0. The van der Waals surface area contributed by atoms with Crippen LogP contribution in [-0.2, 0) is 0 Å². The Labute approximate surface area is 75.7 Å². The highest BCUT2D eigenvalue weighted by Crippen LogP contribution is 2.34. The molecule has 0 aromatic rings. The topological polar surface area (TPSA) is 78.1 Å². The lowest BCUT2D eigenvalue weighted by Crippen LogP contribution is -2.64. The van der Waals surface area contributed by atoms with Crippen molar-refractivity contribution in [1.82, 2.24) is 0 Å². The summed E-state index contributed by atoms with van der Waals surface area (Å²) in [4.78, 5) is 0. The van der Waals surface area contributed by atoms with Gasteiger partial charge in [0.1, 0.15) is 0 Å². The first-order chi connectivity index (χ1) is 5.49. The quantitative estimate of drug-likeness (QED) is 0.537. The monoisotopic (exact) mass is 173 g/mol. The number of rotatable bonds is 5. The Balaban J connectivity index is 4.69. The molecule has 0 rings (SSSR count). The fourth-order valence-electron chi connectivity index (χ4n) is 1.76. The summed E-state index contributed by atoms with van der Waals surface area (Å²) in [5.74, 6) is 0. The zero-order valence-corrected chi connectivity index (χ0v) is 8.56. The summed E-state index contributed by atoms with van der Waals surface area (Å²) in [7, 11) is 0. The zero-order chi connectivity index (χ0) is 9.83. The van der Waals surface area contributed by atoms with Crippen molar-refractivity contribution >= 4 is 0 Å². The van der Waals surface area contributed by atoms with Crippen LogP contribution in [0.15, 0.2) is 0 Å². The van der Waals surface area contributed by atoms with Gasteiger partial charge in [-0.2, -0.15) is 0 Å². The Kier molecular flexibility index (Phi) is 4.17. The number of hydrogen-bond acceptors (Lipinski definition) is 3. The van der Waals surface area contributed by atoms with Gasteiger partial charge in [-0.25, -0.2) is 0 Å². The van der Waals surface area contributed by atoms with Crippen molar-refractivity contribution in [2.24, 2.45) is 22.6 Å². The molecule has 0 saturated carbocycles. The summed E-state index contributed by atoms with van der Waals surface area (Å²) < 4.78 is 0. The van der Waals surface area contributed by atoms with Gasteiger partial charge < -0.3 is 17.2 Å². The van der Waals surface area contributed by atoms with E-state index in [0.717, 1.165) is 19.3 Å². The smallest absolute Gasteiger partial charge is 0.0703 e. The van der Waals surface area contributed by atoms with E-state index in [2.05, 4.69) is 13.8 Å². The van der Waals surface area contributed by atoms with E-state index in [0.29, 0.717) is 6.54 Å². The van der Waals surface area contributed by atoms with Gasteiger partial charge in [0.25, 0.3) is 0 Å². The molecule has 0 aliphatic rings. The average molecular weight is 173 g/mol. The summed E-state index contributed by atoms with van der Waals surface area (Å²) in [6, 6.07) is 0. The maximum absolute atomic E-state index is 6.02. The van der Waals surface area contributed by atoms with Crippen LogP contribution in [0, 0.1) is 5.41 Å². The van der Waals surface area contributed by atoms with E-state index in [1.54, 1.807) is 0 Å². The van der Waals surface area contributed by atoms with Crippen molar-refractivity contribution in [2.75, 3.05) is 6.54 Å². The fourth-order valence-corrected chi connectivity index (χ4v) is 1.76. The summed E-state index contributed by atoms with van der Waals surface area (Å²) in [6.07, 6.45) is 2.66. The van der Waals surface area contributed by atoms with E-state index in [9.17, 15) is 0 Å². The number of hydrogen-bond donors (Lipinski definition) is 3. The van der Waals surface area contributed by atoms with Crippen molar-refractivity contribution in [3.8, 4) is 0 Å². The van der Waals surface area contributed by atoms with Gasteiger partial charge in [0.05, 0.1) is 5.66 Å². The maximum atomic E-state index is 6.02. The second-order valence-electron chi connectivity index (χ2n) is 3.59. The number of nitrogens with two attached hydrogens (primary N) is 3. The van der Waals surface area contributed by atoms with E-state index in [1.165, 1.54) is 0 Å². The summed E-state index contributed by atoms with van der Waals surface area (Å²) >= 11 is 0. The Morgan fingerprint density at radius 1 is 0.917 bits per heavy atom. The molecule has 3 nitrogen and oxygen atoms in total. The van der Waals surface area contributed by atoms with E-state index in [1.807, 2.05) is 6.92 Å². The summed E-state index contributed by atoms with van der Waals surface area (Å²) in [5, 5.41) is 0. The molecule has 0 aromatic carbocycles. The molecule has 0 unspecified atom stereocenters. The van der Waals surface area contributed by atoms with Gasteiger partial charge in [-0.1, -0.05) is 20.8 Å². The molecule has 0 amide bonds. The Hall–Kier alpha value is -0.120. The molecule has 0 aromatic heterocycles. The Morgan fingerprint density at radius 2 is 1.33 bits per heavy atom. The van der Waals surface area contributed by atoms with Crippen LogP contribution in [0.5, 0.6) is 0 Å². The van der Waals surface area contributed by atoms with Gasteiger partial charge in [0.15, 0.2) is 0 Å². The lowest BCUT2D eigenvalue weighted by Gasteiger charge is -2.44. The normalized spacial score (nSPS) is 13.5. The lowest BCUT2D eigenvalue weighted by molar-refractivity contribution is 0.114. The average Bonchev–Trinajstić information content (AvgIpc) is 2.08. The minimum absolute atomic E-state index is 0.0955. The molecule has 3 heteroatoms. The molecular formula is C9H23N3. The fraction of sp³-hybridized carbons (Fsp3) is 1.00. The van der Waals surface area contributed by atoms with Crippen LogP contribution in [0.2, 0.25) is 0 Å². The molecule has 0 aliphatic heterocycles. The van der Waals surface area contributed by atoms with Gasteiger partial charge in [0.2, 0.25) is 0 Å². The highest BCUT2D eigenvalue weighted by Gasteiger charge is 2.40. The summed E-state index contributed by atoms with van der Waals surface area (Å²) in [6.45, 7) is 6.78. The maximum Gasteiger partial charge on any atom is 0.0703 e. The van der Waals surface area contributed by atoms with Crippen LogP contribution in [-0.4, -0.2) is 12.2 Å². The van der Waals surface area contributed by atoms with Crippen molar-refractivity contribution in [2.45, 2.75) is 45.7 Å². The lowest BCUT2D eigenvalue weighted by atomic mass is 9.70. The molecular weight excluding hydrogens is 150 g/mol. The van der Waals surface area contributed by atoms with E-state index < -0.39 is 5.66 Å². The molecule has 74 valence electrons. The van der Waals surface area contributed by atoms with Crippen LogP contribution in [0.4, 0.5) is 0 Å². The summed E-state index contributed by atoms with van der Waals surface area (Å²) in [5.41, 5.74) is 17.1. The Morgan fingerprint density at radius 3 is 1.42 bits per heavy atom. The molecule has 0 spiro atoms. The van der Waals surface area contributed by atoms with Crippen molar-refractivity contribution in [3.05, 3.63) is 0 Å². The molecule has 0 aliphatic carbocycles. The van der Waals surface area contributed by atoms with Crippen LogP contribution in [0.1, 0.15) is 40.0 Å². The third-order valence-electron chi connectivity index (χ3n) is 3.32. The highest BCUT2D eigenvalue weighted by molar-refractivity contribution is 4.96. The molecule has 0 heterocycles. The van der Waals surface area contributed by atoms with E-state index in [4.69, 9.17) is 17.2 Å².